The number of rotatable bonds is 6. The van der Waals surface area contributed by atoms with E-state index in [4.69, 9.17) is 10.1 Å². The monoisotopic (exact) mass is 411 g/mol. The number of H-pyrrole nitrogens is 1. The molecule has 0 atom stereocenters. The molecule has 0 radical (unpaired) electrons. The van der Waals surface area contributed by atoms with Gasteiger partial charge in [-0.15, -0.1) is 0 Å². The van der Waals surface area contributed by atoms with E-state index >= 15 is 0 Å². The highest BCUT2D eigenvalue weighted by Crippen LogP contribution is 2.26. The van der Waals surface area contributed by atoms with Crippen LogP contribution in [0.5, 0.6) is 5.88 Å². The number of hydrogen-bond donors (Lipinski definition) is 3. The molecule has 2 heterocycles. The maximum Gasteiger partial charge on any atom is 0.239 e. The number of aromatic amines is 1. The molecule has 0 bridgehead atoms. The van der Waals surface area contributed by atoms with Gasteiger partial charge in [0, 0.05) is 0 Å². The Morgan fingerprint density at radius 1 is 0.935 bits per heavy atom. The van der Waals surface area contributed by atoms with Gasteiger partial charge in [-0.2, -0.15) is 0 Å². The number of carbonyl (C=O) groups is 1. The average Bonchev–Trinajstić information content (AvgIpc) is 3.20. The summed E-state index contributed by atoms with van der Waals surface area (Å²) in [5, 5.41) is 11.0. The molecule has 0 saturated heterocycles. The maximum atomic E-state index is 13.2. The molecule has 0 aliphatic carbocycles. The van der Waals surface area contributed by atoms with Gasteiger partial charge in [0.15, 0.2) is 0 Å². The summed E-state index contributed by atoms with van der Waals surface area (Å²) in [5.41, 5.74) is 2.69. The van der Waals surface area contributed by atoms with Gasteiger partial charge < -0.3 is 15.0 Å². The molecule has 4 aromatic rings. The fourth-order valence-corrected chi connectivity index (χ4v) is 3.22. The molecule has 2 aromatic carbocycles. The maximum absolute atomic E-state index is 13.2. The van der Waals surface area contributed by atoms with Crippen LogP contribution in [0.1, 0.15) is 28.6 Å². The Morgan fingerprint density at radius 3 is 2.10 bits per heavy atom. The van der Waals surface area contributed by atoms with E-state index in [1.165, 1.54) is 12.4 Å². The highest BCUT2D eigenvalue weighted by Gasteiger charge is 2.22. The van der Waals surface area contributed by atoms with Gasteiger partial charge in [0.1, 0.15) is 11.5 Å². The number of nitrogens with zero attached hydrogens (tertiary/aromatic N) is 2. The number of imidazole rings is 1. The van der Waals surface area contributed by atoms with Gasteiger partial charge in [-0.1, -0.05) is 60.7 Å². The summed E-state index contributed by atoms with van der Waals surface area (Å²) in [5.74, 6) is 0.335. The predicted octanol–water partition coefficient (Wildman–Crippen LogP) is 4.29. The third-order valence-electron chi connectivity index (χ3n) is 4.68. The molecular formula is C24H21N5O2. The Bertz CT molecular complexity index is 1130. The zero-order valence-corrected chi connectivity index (χ0v) is 16.9. The van der Waals surface area contributed by atoms with E-state index in [0.717, 1.165) is 11.1 Å². The Kier molecular flexibility index (Phi) is 5.84. The molecule has 31 heavy (non-hydrogen) atoms. The van der Waals surface area contributed by atoms with Gasteiger partial charge in [-0.05, 0) is 30.2 Å². The first-order chi connectivity index (χ1) is 15.1. The number of anilines is 1. The summed E-state index contributed by atoms with van der Waals surface area (Å²) in [6.45, 7) is 1.80. The average molecular weight is 411 g/mol. The van der Waals surface area contributed by atoms with E-state index in [0.29, 0.717) is 23.1 Å². The molecule has 0 spiro atoms. The van der Waals surface area contributed by atoms with E-state index < -0.39 is 5.92 Å². The first kappa shape index (κ1) is 20.0. The van der Waals surface area contributed by atoms with Crippen molar-refractivity contribution in [1.29, 1.82) is 5.41 Å². The molecule has 7 nitrogen and oxygen atoms in total. The topological polar surface area (TPSA) is 104 Å². The lowest BCUT2D eigenvalue weighted by atomic mass is 9.90. The first-order valence-corrected chi connectivity index (χ1v) is 9.75. The van der Waals surface area contributed by atoms with Gasteiger partial charge in [0.25, 0.3) is 0 Å². The van der Waals surface area contributed by atoms with Crippen molar-refractivity contribution >= 4 is 17.5 Å². The fraction of sp³-hybridized carbons (Fsp3) is 0.0833. The van der Waals surface area contributed by atoms with Crippen LogP contribution in [0.3, 0.4) is 0 Å². The summed E-state index contributed by atoms with van der Waals surface area (Å²) in [4.78, 5) is 24.3. The lowest BCUT2D eigenvalue weighted by molar-refractivity contribution is -0.116. The smallest absolute Gasteiger partial charge is 0.239 e. The summed E-state index contributed by atoms with van der Waals surface area (Å²) in [6, 6.07) is 22.6. The van der Waals surface area contributed by atoms with Crippen LogP contribution < -0.4 is 10.1 Å². The van der Waals surface area contributed by atoms with Crippen LogP contribution in [0.4, 0.5) is 5.69 Å². The first-order valence-electron chi connectivity index (χ1n) is 9.75. The largest absolute Gasteiger partial charge is 0.419 e. The molecule has 0 saturated carbocycles. The zero-order valence-electron chi connectivity index (χ0n) is 16.9. The number of aromatic nitrogens is 3. The van der Waals surface area contributed by atoms with Crippen molar-refractivity contribution in [1.82, 2.24) is 15.0 Å². The highest BCUT2D eigenvalue weighted by molar-refractivity contribution is 5.98. The van der Waals surface area contributed by atoms with Gasteiger partial charge >= 0.3 is 0 Å². The van der Waals surface area contributed by atoms with Crippen LogP contribution in [0.2, 0.25) is 0 Å². The van der Waals surface area contributed by atoms with Crippen LogP contribution in [-0.4, -0.2) is 26.8 Å². The molecule has 0 aliphatic heterocycles. The molecule has 0 aliphatic rings. The van der Waals surface area contributed by atoms with Crippen molar-refractivity contribution in [3.05, 3.63) is 108 Å². The van der Waals surface area contributed by atoms with Crippen molar-refractivity contribution in [2.24, 2.45) is 0 Å². The summed E-state index contributed by atoms with van der Waals surface area (Å²) in [7, 11) is 0. The number of nitrogens with one attached hydrogen (secondary N) is 3. The summed E-state index contributed by atoms with van der Waals surface area (Å²) < 4.78 is 5.41. The molecule has 1 amide bonds. The van der Waals surface area contributed by atoms with Crippen LogP contribution in [0.15, 0.2) is 85.2 Å². The molecule has 3 N–H and O–H groups in total. The lowest BCUT2D eigenvalue weighted by Crippen LogP contribution is -2.22. The number of aryl methyl sites for hydroxylation is 1. The van der Waals surface area contributed by atoms with Crippen molar-refractivity contribution in [2.45, 2.75) is 12.8 Å². The SMILES string of the molecule is Cc1ncc(OC(=N)c2ccc(NC(=O)C(c3ccccc3)c3ccccc3)cn2)[nH]1. The summed E-state index contributed by atoms with van der Waals surface area (Å²) >= 11 is 0. The van der Waals surface area contributed by atoms with Crippen LogP contribution in [-0.2, 0) is 4.79 Å². The van der Waals surface area contributed by atoms with Crippen LogP contribution >= 0.6 is 0 Å². The second-order valence-corrected chi connectivity index (χ2v) is 6.94. The molecule has 7 heteroatoms. The van der Waals surface area contributed by atoms with Crippen LogP contribution in [0.25, 0.3) is 0 Å². The van der Waals surface area contributed by atoms with Gasteiger partial charge in [0.05, 0.1) is 24.0 Å². The summed E-state index contributed by atoms with van der Waals surface area (Å²) in [6.07, 6.45) is 3.02. The Hall–Kier alpha value is -4.26. The van der Waals surface area contributed by atoms with Crippen molar-refractivity contribution in [2.75, 3.05) is 5.32 Å². The van der Waals surface area contributed by atoms with Crippen molar-refractivity contribution in [3.63, 3.8) is 0 Å². The van der Waals surface area contributed by atoms with E-state index in [9.17, 15) is 4.79 Å². The van der Waals surface area contributed by atoms with E-state index in [-0.39, 0.29) is 11.8 Å². The zero-order chi connectivity index (χ0) is 21.6. The lowest BCUT2D eigenvalue weighted by Gasteiger charge is -2.18. The quantitative estimate of drug-likeness (QED) is 0.325. The van der Waals surface area contributed by atoms with Gasteiger partial charge in [0.2, 0.25) is 17.7 Å². The molecule has 0 unspecified atom stereocenters. The Labute approximate surface area is 179 Å². The minimum Gasteiger partial charge on any atom is -0.419 e. The molecular weight excluding hydrogens is 390 g/mol. The molecule has 4 rings (SSSR count). The van der Waals surface area contributed by atoms with Crippen molar-refractivity contribution < 1.29 is 9.53 Å². The highest BCUT2D eigenvalue weighted by atomic mass is 16.5. The van der Waals surface area contributed by atoms with E-state index in [1.807, 2.05) is 60.7 Å². The predicted molar refractivity (Wildman–Crippen MR) is 118 cm³/mol. The third kappa shape index (κ3) is 4.84. The van der Waals surface area contributed by atoms with Crippen LogP contribution in [0, 0.1) is 12.3 Å². The Morgan fingerprint density at radius 2 is 1.58 bits per heavy atom. The minimum atomic E-state index is -0.452. The van der Waals surface area contributed by atoms with Crippen molar-refractivity contribution in [3.8, 4) is 5.88 Å². The van der Waals surface area contributed by atoms with E-state index in [2.05, 4.69) is 20.3 Å². The molecule has 2 aromatic heterocycles. The minimum absolute atomic E-state index is 0.118. The molecule has 0 fully saturated rings. The number of pyridine rings is 1. The fourth-order valence-electron chi connectivity index (χ4n) is 3.22. The Balaban J connectivity index is 1.49. The second kappa shape index (κ2) is 9.04. The van der Waals surface area contributed by atoms with Gasteiger partial charge in [-0.25, -0.2) is 9.97 Å². The van der Waals surface area contributed by atoms with Gasteiger partial charge in [-0.3, -0.25) is 10.2 Å². The number of hydrogen-bond acceptors (Lipinski definition) is 5. The number of benzene rings is 2. The molecule has 154 valence electrons. The third-order valence-corrected chi connectivity index (χ3v) is 4.68. The number of carbonyl (C=O) groups excluding carboxylic acids is 1. The van der Waals surface area contributed by atoms with E-state index in [1.54, 1.807) is 19.1 Å². The number of ether oxygens (including phenoxy) is 1. The second-order valence-electron chi connectivity index (χ2n) is 6.94. The normalized spacial score (nSPS) is 10.6. The number of amides is 1. The standard InChI is InChI=1S/C24H21N5O2/c1-16-26-15-21(28-16)31-23(25)20-13-12-19(14-27-20)29-24(30)22(17-8-4-2-5-9-17)18-10-6-3-7-11-18/h2-15,22,25H,1H3,(H,26,28)(H,29,30).